The number of ether oxygens (including phenoxy) is 1. The third kappa shape index (κ3) is 2.50. The van der Waals surface area contributed by atoms with Crippen LogP contribution >= 0.6 is 11.7 Å². The fourth-order valence-electron chi connectivity index (χ4n) is 1.62. The highest BCUT2D eigenvalue weighted by molar-refractivity contribution is 6.99. The fraction of sp³-hybridized carbons (Fsp3) is 0.778. The van der Waals surface area contributed by atoms with E-state index in [0.29, 0.717) is 18.6 Å². The van der Waals surface area contributed by atoms with Crippen LogP contribution in [0.2, 0.25) is 0 Å². The lowest BCUT2D eigenvalue weighted by atomic mass is 9.97. The van der Waals surface area contributed by atoms with Gasteiger partial charge in [-0.3, -0.25) is 0 Å². The first-order valence-corrected chi connectivity index (χ1v) is 5.68. The second kappa shape index (κ2) is 4.82. The number of piperidine rings is 1. The zero-order valence-corrected chi connectivity index (χ0v) is 9.09. The molecular weight excluding hydrogens is 198 g/mol. The number of aromatic nitrogens is 2. The molecule has 1 N–H and O–H groups in total. The van der Waals surface area contributed by atoms with Crippen LogP contribution in [0.15, 0.2) is 6.20 Å². The van der Waals surface area contributed by atoms with Crippen molar-refractivity contribution >= 4 is 11.7 Å². The van der Waals surface area contributed by atoms with Crippen LogP contribution in [0.5, 0.6) is 0 Å². The maximum atomic E-state index is 5.78. The third-order valence-electron chi connectivity index (χ3n) is 2.61. The summed E-state index contributed by atoms with van der Waals surface area (Å²) in [6.45, 7) is 4.90. The molecule has 0 amide bonds. The Bertz CT molecular complexity index is 265. The van der Waals surface area contributed by atoms with Crippen molar-refractivity contribution in [2.45, 2.75) is 26.1 Å². The molecule has 0 saturated carbocycles. The van der Waals surface area contributed by atoms with E-state index in [0.717, 1.165) is 18.8 Å². The topological polar surface area (TPSA) is 47.0 Å². The van der Waals surface area contributed by atoms with E-state index in [2.05, 4.69) is 21.0 Å². The lowest BCUT2D eigenvalue weighted by Gasteiger charge is -2.29. The third-order valence-corrected chi connectivity index (χ3v) is 3.12. The first-order chi connectivity index (χ1) is 6.86. The molecule has 2 heterocycles. The van der Waals surface area contributed by atoms with Crippen LogP contribution in [0.1, 0.15) is 19.0 Å². The predicted octanol–water partition coefficient (Wildman–Crippen LogP) is 1.05. The average Bonchev–Trinajstić information content (AvgIpc) is 2.69. The summed E-state index contributed by atoms with van der Waals surface area (Å²) in [5, 5.41) is 3.34. The molecule has 1 aliphatic heterocycles. The van der Waals surface area contributed by atoms with Crippen molar-refractivity contribution in [2.24, 2.45) is 5.92 Å². The maximum absolute atomic E-state index is 5.78. The van der Waals surface area contributed by atoms with Gasteiger partial charge in [-0.05, 0) is 18.9 Å². The Morgan fingerprint density at radius 1 is 1.71 bits per heavy atom. The van der Waals surface area contributed by atoms with E-state index in [4.69, 9.17) is 4.74 Å². The molecule has 1 fully saturated rings. The van der Waals surface area contributed by atoms with Crippen molar-refractivity contribution in [2.75, 3.05) is 13.1 Å². The fourth-order valence-corrected chi connectivity index (χ4v) is 2.05. The largest absolute Gasteiger partial charge is 0.370 e. The summed E-state index contributed by atoms with van der Waals surface area (Å²) in [4.78, 5) is 0. The summed E-state index contributed by atoms with van der Waals surface area (Å²) in [6, 6.07) is 0. The van der Waals surface area contributed by atoms with Crippen LogP contribution in [0.3, 0.4) is 0 Å². The van der Waals surface area contributed by atoms with Gasteiger partial charge in [-0.1, -0.05) is 6.92 Å². The zero-order chi connectivity index (χ0) is 9.80. The Hall–Kier alpha value is -0.520. The first-order valence-electron chi connectivity index (χ1n) is 4.95. The molecule has 2 unspecified atom stereocenters. The number of rotatable bonds is 3. The van der Waals surface area contributed by atoms with Crippen molar-refractivity contribution < 1.29 is 4.74 Å². The van der Waals surface area contributed by atoms with Crippen LogP contribution in [0.4, 0.5) is 0 Å². The van der Waals surface area contributed by atoms with Gasteiger partial charge in [0.2, 0.25) is 0 Å². The monoisotopic (exact) mass is 213 g/mol. The molecule has 4 nitrogen and oxygen atoms in total. The van der Waals surface area contributed by atoms with E-state index in [9.17, 15) is 0 Å². The van der Waals surface area contributed by atoms with Gasteiger partial charge in [-0.15, -0.1) is 0 Å². The minimum Gasteiger partial charge on any atom is -0.370 e. The summed E-state index contributed by atoms with van der Waals surface area (Å²) in [6.07, 6.45) is 3.29. The molecule has 1 saturated heterocycles. The Kier molecular flexibility index (Phi) is 3.44. The minimum absolute atomic E-state index is 0.324. The van der Waals surface area contributed by atoms with Gasteiger partial charge in [0.15, 0.2) is 0 Å². The van der Waals surface area contributed by atoms with Gasteiger partial charge < -0.3 is 10.1 Å². The molecule has 5 heteroatoms. The molecule has 0 bridgehead atoms. The molecule has 78 valence electrons. The van der Waals surface area contributed by atoms with Crippen molar-refractivity contribution in [1.82, 2.24) is 14.1 Å². The van der Waals surface area contributed by atoms with Crippen LogP contribution in [-0.2, 0) is 11.3 Å². The Morgan fingerprint density at radius 3 is 3.36 bits per heavy atom. The number of nitrogens with one attached hydrogen (secondary N) is 1. The normalized spacial score (nSPS) is 27.8. The summed E-state index contributed by atoms with van der Waals surface area (Å²) in [5.74, 6) is 0.642. The van der Waals surface area contributed by atoms with E-state index in [1.54, 1.807) is 6.20 Å². The van der Waals surface area contributed by atoms with Crippen LogP contribution < -0.4 is 5.32 Å². The maximum Gasteiger partial charge on any atom is 0.1000 e. The van der Waals surface area contributed by atoms with E-state index in [-0.39, 0.29) is 0 Å². The molecule has 0 radical (unpaired) electrons. The van der Waals surface area contributed by atoms with E-state index < -0.39 is 0 Å². The lowest BCUT2D eigenvalue weighted by molar-refractivity contribution is -0.00771. The number of hydrogen-bond acceptors (Lipinski definition) is 5. The van der Waals surface area contributed by atoms with E-state index in [1.165, 1.54) is 18.1 Å². The van der Waals surface area contributed by atoms with Gasteiger partial charge in [-0.2, -0.15) is 8.75 Å². The molecule has 1 aromatic heterocycles. The zero-order valence-electron chi connectivity index (χ0n) is 8.27. The summed E-state index contributed by atoms with van der Waals surface area (Å²) < 4.78 is 13.8. The second-order valence-electron chi connectivity index (χ2n) is 3.72. The van der Waals surface area contributed by atoms with E-state index >= 15 is 0 Å². The molecule has 0 aliphatic carbocycles. The summed E-state index contributed by atoms with van der Waals surface area (Å²) in [7, 11) is 0. The van der Waals surface area contributed by atoms with Crippen LogP contribution in [0.25, 0.3) is 0 Å². The first kappa shape index (κ1) is 10.0. The smallest absolute Gasteiger partial charge is 0.1000 e. The Morgan fingerprint density at radius 2 is 2.64 bits per heavy atom. The summed E-state index contributed by atoms with van der Waals surface area (Å²) >= 11 is 1.23. The molecule has 14 heavy (non-hydrogen) atoms. The molecule has 0 spiro atoms. The Labute approximate surface area is 88.0 Å². The highest BCUT2D eigenvalue weighted by Gasteiger charge is 2.21. The van der Waals surface area contributed by atoms with Crippen molar-refractivity contribution in [3.8, 4) is 0 Å². The lowest BCUT2D eigenvalue weighted by Crippen LogP contribution is -2.40. The summed E-state index contributed by atoms with van der Waals surface area (Å²) in [5.41, 5.74) is 0.938. The number of hydrogen-bond donors (Lipinski definition) is 1. The standard InChI is InChI=1S/C9H15N3OS/c1-7-2-3-10-5-9(7)13-6-8-4-11-14-12-8/h4,7,9-10H,2-3,5-6H2,1H3. The van der Waals surface area contributed by atoms with Crippen LogP contribution in [0, 0.1) is 5.92 Å². The highest BCUT2D eigenvalue weighted by Crippen LogP contribution is 2.15. The molecule has 1 aromatic rings. The van der Waals surface area contributed by atoms with Gasteiger partial charge in [-0.25, -0.2) is 0 Å². The van der Waals surface area contributed by atoms with Gasteiger partial charge >= 0.3 is 0 Å². The molecule has 2 rings (SSSR count). The Balaban J connectivity index is 1.79. The quantitative estimate of drug-likeness (QED) is 0.815. The average molecular weight is 213 g/mol. The molecular formula is C9H15N3OS. The predicted molar refractivity (Wildman–Crippen MR) is 55.1 cm³/mol. The van der Waals surface area contributed by atoms with E-state index in [1.807, 2.05) is 0 Å². The van der Waals surface area contributed by atoms with Gasteiger partial charge in [0.1, 0.15) is 0 Å². The molecule has 1 aliphatic rings. The SMILES string of the molecule is CC1CCNCC1OCc1cnsn1. The molecule has 0 aromatic carbocycles. The minimum atomic E-state index is 0.324. The van der Waals surface area contributed by atoms with Crippen LogP contribution in [-0.4, -0.2) is 27.9 Å². The highest BCUT2D eigenvalue weighted by atomic mass is 32.1. The van der Waals surface area contributed by atoms with Crippen molar-refractivity contribution in [1.29, 1.82) is 0 Å². The molecule has 2 atom stereocenters. The second-order valence-corrected chi connectivity index (χ2v) is 4.28. The van der Waals surface area contributed by atoms with Crippen molar-refractivity contribution in [3.63, 3.8) is 0 Å². The van der Waals surface area contributed by atoms with Gasteiger partial charge in [0.05, 0.1) is 36.3 Å². The number of nitrogens with zero attached hydrogens (tertiary/aromatic N) is 2. The van der Waals surface area contributed by atoms with Gasteiger partial charge in [0.25, 0.3) is 0 Å². The van der Waals surface area contributed by atoms with Crippen molar-refractivity contribution in [3.05, 3.63) is 11.9 Å². The van der Waals surface area contributed by atoms with Gasteiger partial charge in [0, 0.05) is 6.54 Å².